The number of hydrogen-bond donors (Lipinski definition) is 2. The van der Waals surface area contributed by atoms with E-state index in [-0.39, 0.29) is 23.1 Å². The average molecular weight is 473 g/mol. The van der Waals surface area contributed by atoms with E-state index in [4.69, 9.17) is 10.1 Å². The smallest absolute Gasteiger partial charge is 0.411 e. The van der Waals surface area contributed by atoms with Gasteiger partial charge in [0.25, 0.3) is 10.0 Å². The maximum atomic E-state index is 13.3. The van der Waals surface area contributed by atoms with Crippen LogP contribution in [0.5, 0.6) is 0 Å². The van der Waals surface area contributed by atoms with Crippen LogP contribution in [0, 0.1) is 18.3 Å². The largest absolute Gasteiger partial charge is 0.465 e. The van der Waals surface area contributed by atoms with Gasteiger partial charge in [-0.15, -0.1) is 0 Å². The summed E-state index contributed by atoms with van der Waals surface area (Å²) in [5.41, 5.74) is 1.07. The summed E-state index contributed by atoms with van der Waals surface area (Å²) < 4.78 is 27.3. The Kier molecular flexibility index (Phi) is 8.05. The molecule has 0 spiro atoms. The quantitative estimate of drug-likeness (QED) is 0.536. The van der Waals surface area contributed by atoms with Crippen molar-refractivity contribution < 1.29 is 28.3 Å². The van der Waals surface area contributed by atoms with E-state index in [0.717, 1.165) is 22.2 Å². The van der Waals surface area contributed by atoms with Crippen molar-refractivity contribution in [2.45, 2.75) is 42.8 Å². The van der Waals surface area contributed by atoms with E-state index in [1.807, 2.05) is 6.07 Å². The van der Waals surface area contributed by atoms with E-state index in [2.05, 4.69) is 6.92 Å². The lowest BCUT2D eigenvalue weighted by molar-refractivity contribution is -0.142. The maximum absolute atomic E-state index is 13.3. The molecule has 1 aliphatic carbocycles. The fourth-order valence-electron chi connectivity index (χ4n) is 3.66. The number of hydroxylamine groups is 1. The molecule has 10 heteroatoms. The number of hydrogen-bond acceptors (Lipinski definition) is 6. The summed E-state index contributed by atoms with van der Waals surface area (Å²) in [6.45, 7) is 2.91. The molecule has 0 aliphatic heterocycles. The molecule has 9 nitrogen and oxygen atoms in total. The Bertz CT molecular complexity index is 1130. The lowest BCUT2D eigenvalue weighted by atomic mass is 10.2. The van der Waals surface area contributed by atoms with Crippen LogP contribution in [0.25, 0.3) is 0 Å². The summed E-state index contributed by atoms with van der Waals surface area (Å²) >= 11 is 0. The van der Waals surface area contributed by atoms with E-state index in [1.54, 1.807) is 24.3 Å². The molecule has 0 heterocycles. The second-order valence-corrected chi connectivity index (χ2v) is 9.69. The van der Waals surface area contributed by atoms with E-state index in [9.17, 15) is 23.4 Å². The van der Waals surface area contributed by atoms with Gasteiger partial charge < -0.3 is 10.2 Å². The summed E-state index contributed by atoms with van der Waals surface area (Å²) in [4.78, 5) is 18.3. The van der Waals surface area contributed by atoms with E-state index >= 15 is 0 Å². The van der Waals surface area contributed by atoms with Gasteiger partial charge in [0.2, 0.25) is 0 Å². The Labute approximate surface area is 193 Å². The van der Waals surface area contributed by atoms with Crippen molar-refractivity contribution >= 4 is 21.8 Å². The molecule has 2 aromatic rings. The highest BCUT2D eigenvalue weighted by Gasteiger charge is 2.33. The van der Waals surface area contributed by atoms with Gasteiger partial charge in [-0.05, 0) is 55.7 Å². The predicted molar refractivity (Wildman–Crippen MR) is 121 cm³/mol. The average Bonchev–Trinajstić information content (AvgIpc) is 3.30. The first-order valence-electron chi connectivity index (χ1n) is 10.5. The van der Waals surface area contributed by atoms with Crippen molar-refractivity contribution in [3.05, 3.63) is 66.6 Å². The first-order chi connectivity index (χ1) is 15.7. The van der Waals surface area contributed by atoms with Crippen molar-refractivity contribution in [3.8, 4) is 6.07 Å². The molecule has 2 aromatic carbocycles. The van der Waals surface area contributed by atoms with Crippen LogP contribution in [0.1, 0.15) is 36.8 Å². The van der Waals surface area contributed by atoms with Crippen LogP contribution in [0.4, 0.5) is 10.5 Å². The molecule has 1 aliphatic rings. The van der Waals surface area contributed by atoms with Gasteiger partial charge in [-0.25, -0.2) is 13.2 Å². The third-order valence-electron chi connectivity index (χ3n) is 5.30. The van der Waals surface area contributed by atoms with Crippen LogP contribution in [0.15, 0.2) is 53.4 Å². The minimum atomic E-state index is -4.22. The van der Waals surface area contributed by atoms with Gasteiger partial charge in [-0.2, -0.15) is 5.26 Å². The molecule has 0 aromatic heterocycles. The first kappa shape index (κ1) is 24.7. The molecule has 1 saturated carbocycles. The monoisotopic (exact) mass is 472 g/mol. The summed E-state index contributed by atoms with van der Waals surface area (Å²) in [6, 6.07) is 13.9. The van der Waals surface area contributed by atoms with Crippen molar-refractivity contribution in [3.63, 3.8) is 0 Å². The molecule has 3 rings (SSSR count). The maximum Gasteiger partial charge on any atom is 0.411 e. The van der Waals surface area contributed by atoms with Crippen molar-refractivity contribution in [2.24, 2.45) is 0 Å². The van der Waals surface area contributed by atoms with Crippen LogP contribution < -0.4 is 4.90 Å². The topological polar surface area (TPSA) is 131 Å². The summed E-state index contributed by atoms with van der Waals surface area (Å²) in [5, 5.41) is 29.4. The number of aliphatic hydroxyl groups excluding tert-OH is 1. The van der Waals surface area contributed by atoms with Gasteiger partial charge in [0.15, 0.2) is 0 Å². The number of carboxylic acid groups (broad SMARTS) is 1. The normalized spacial score (nSPS) is 15.3. The number of anilines is 1. The van der Waals surface area contributed by atoms with Gasteiger partial charge in [0, 0.05) is 5.69 Å². The highest BCUT2D eigenvalue weighted by atomic mass is 32.2. The number of nitriles is 1. The number of benzene rings is 2. The molecule has 1 radical (unpaired) electrons. The van der Waals surface area contributed by atoms with Gasteiger partial charge in [-0.3, -0.25) is 9.74 Å². The first-order valence-corrected chi connectivity index (χ1v) is 11.9. The molecule has 1 atom stereocenters. The Morgan fingerprint density at radius 2 is 1.88 bits per heavy atom. The van der Waals surface area contributed by atoms with Gasteiger partial charge in [-0.1, -0.05) is 35.5 Å². The molecule has 33 heavy (non-hydrogen) atoms. The minimum Gasteiger partial charge on any atom is -0.465 e. The van der Waals surface area contributed by atoms with E-state index in [0.29, 0.717) is 24.1 Å². The highest BCUT2D eigenvalue weighted by molar-refractivity contribution is 7.89. The third-order valence-corrected chi connectivity index (χ3v) is 6.93. The van der Waals surface area contributed by atoms with Gasteiger partial charge >= 0.3 is 6.09 Å². The summed E-state index contributed by atoms with van der Waals surface area (Å²) in [6.07, 6.45) is 0.149. The standard InChI is InChI=1S/C23H26N3O6S/c1-17-6-4-8-19(12-17)25(23(28)29)15-20(27)16-26(32-21-9-2-3-10-21)33(30,31)22-11-5-7-18(13-22)14-24/h4-8,11-13,20-21,27H,1-3,9-10,15-16H2,(H,28,29). The number of aliphatic hydroxyl groups is 1. The van der Waals surface area contributed by atoms with Crippen molar-refractivity contribution in [2.75, 3.05) is 18.0 Å². The zero-order chi connectivity index (χ0) is 24.0. The summed E-state index contributed by atoms with van der Waals surface area (Å²) in [5.74, 6) is 0. The second kappa shape index (κ2) is 10.8. The number of carbonyl (C=O) groups is 1. The second-order valence-electron chi connectivity index (χ2n) is 7.86. The summed E-state index contributed by atoms with van der Waals surface area (Å²) in [7, 11) is -4.22. The molecule has 1 unspecified atom stereocenters. The van der Waals surface area contributed by atoms with Crippen LogP contribution >= 0.6 is 0 Å². The van der Waals surface area contributed by atoms with Gasteiger partial charge in [0.1, 0.15) is 0 Å². The molecule has 1 fully saturated rings. The lowest BCUT2D eigenvalue weighted by Gasteiger charge is -2.29. The Balaban J connectivity index is 1.84. The molecular weight excluding hydrogens is 446 g/mol. The lowest BCUT2D eigenvalue weighted by Crippen LogP contribution is -2.45. The molecule has 0 saturated heterocycles. The SMILES string of the molecule is [CH2]c1cccc(N(CC(O)CN(OC2CCCC2)S(=O)(=O)c2cccc(C#N)c2)C(=O)O)c1. The fourth-order valence-corrected chi connectivity index (χ4v) is 5.03. The highest BCUT2D eigenvalue weighted by Crippen LogP contribution is 2.26. The molecular formula is C23H26N3O6S. The number of rotatable bonds is 9. The van der Waals surface area contributed by atoms with E-state index < -0.39 is 28.8 Å². The fraction of sp³-hybridized carbons (Fsp3) is 0.348. The van der Waals surface area contributed by atoms with Crippen LogP contribution in [0.2, 0.25) is 0 Å². The minimum absolute atomic E-state index is 0.147. The third kappa shape index (κ3) is 6.30. The molecule has 2 N–H and O–H groups in total. The Morgan fingerprint density at radius 3 is 2.52 bits per heavy atom. The Hall–Kier alpha value is -2.97. The van der Waals surface area contributed by atoms with Crippen molar-refractivity contribution in [1.82, 2.24) is 4.47 Å². The van der Waals surface area contributed by atoms with Gasteiger partial charge in [0.05, 0.1) is 41.8 Å². The molecule has 175 valence electrons. The number of amides is 1. The zero-order valence-electron chi connectivity index (χ0n) is 18.0. The van der Waals surface area contributed by atoms with Crippen molar-refractivity contribution in [1.29, 1.82) is 5.26 Å². The van der Waals surface area contributed by atoms with Crippen LogP contribution in [-0.2, 0) is 14.9 Å². The number of nitrogens with zero attached hydrogens (tertiary/aromatic N) is 3. The Morgan fingerprint density at radius 1 is 1.18 bits per heavy atom. The number of sulfonamides is 1. The molecule has 1 amide bonds. The zero-order valence-corrected chi connectivity index (χ0v) is 18.8. The molecule has 0 bridgehead atoms. The van der Waals surface area contributed by atoms with E-state index in [1.165, 1.54) is 24.3 Å². The predicted octanol–water partition coefficient (Wildman–Crippen LogP) is 3.15. The van der Waals surface area contributed by atoms with Crippen LogP contribution in [0.3, 0.4) is 0 Å². The van der Waals surface area contributed by atoms with Crippen LogP contribution in [-0.4, -0.2) is 54.5 Å².